The Morgan fingerprint density at radius 1 is 1.47 bits per heavy atom. The van der Waals surface area contributed by atoms with Gasteiger partial charge in [0.25, 0.3) is 0 Å². The number of carbonyl (C=O) groups excluding carboxylic acids is 1. The summed E-state index contributed by atoms with van der Waals surface area (Å²) in [4.78, 5) is 11.0. The van der Waals surface area contributed by atoms with Gasteiger partial charge in [-0.05, 0) is 12.1 Å². The highest BCUT2D eigenvalue weighted by Crippen LogP contribution is 2.30. The molecule has 1 N–H and O–H groups in total. The molecule has 1 aromatic carbocycles. The fourth-order valence-electron chi connectivity index (χ4n) is 1.77. The third kappa shape index (κ3) is 2.15. The second kappa shape index (κ2) is 4.57. The molecule has 92 valence electrons. The highest BCUT2D eigenvalue weighted by Gasteiger charge is 2.27. The molecule has 0 radical (unpaired) electrons. The predicted molar refractivity (Wildman–Crippen MR) is 54.8 cm³/mol. The topological polar surface area (TPSA) is 47.6 Å². The molecule has 1 heterocycles. The average Bonchev–Trinajstić information content (AvgIpc) is 2.29. The molecule has 0 saturated carbocycles. The van der Waals surface area contributed by atoms with E-state index < -0.39 is 23.8 Å². The van der Waals surface area contributed by atoms with Crippen LogP contribution in [0.2, 0.25) is 0 Å². The van der Waals surface area contributed by atoms with Gasteiger partial charge in [-0.15, -0.1) is 0 Å². The molecule has 0 aliphatic carbocycles. The van der Waals surface area contributed by atoms with Gasteiger partial charge in [-0.2, -0.15) is 0 Å². The molecule has 2 rings (SSSR count). The zero-order chi connectivity index (χ0) is 12.4. The summed E-state index contributed by atoms with van der Waals surface area (Å²) in [5.74, 6) is -1.56. The zero-order valence-corrected chi connectivity index (χ0v) is 9.13. The van der Waals surface area contributed by atoms with Gasteiger partial charge >= 0.3 is 6.09 Å². The lowest BCUT2D eigenvalue weighted by molar-refractivity contribution is 0.114. The summed E-state index contributed by atoms with van der Waals surface area (Å²) in [6.07, 6.45) is -0.366. The van der Waals surface area contributed by atoms with Gasteiger partial charge in [0.05, 0.1) is 19.8 Å². The monoisotopic (exact) mass is 243 g/mol. The van der Waals surface area contributed by atoms with Crippen LogP contribution in [0.3, 0.4) is 0 Å². The normalized spacial score (nSPS) is 19.5. The molecular formula is C11H11F2NO3. The van der Waals surface area contributed by atoms with Crippen LogP contribution >= 0.6 is 0 Å². The molecule has 0 aromatic heterocycles. The van der Waals surface area contributed by atoms with E-state index in [9.17, 15) is 13.6 Å². The number of hydrogen-bond acceptors (Lipinski definition) is 3. The minimum atomic E-state index is -0.792. The van der Waals surface area contributed by atoms with E-state index in [0.717, 1.165) is 6.07 Å². The van der Waals surface area contributed by atoms with Crippen LogP contribution in [0.4, 0.5) is 13.6 Å². The van der Waals surface area contributed by atoms with Crippen molar-refractivity contribution in [2.45, 2.75) is 12.5 Å². The van der Waals surface area contributed by atoms with Gasteiger partial charge in [0.1, 0.15) is 5.82 Å². The van der Waals surface area contributed by atoms with Crippen LogP contribution in [0.15, 0.2) is 12.1 Å². The van der Waals surface area contributed by atoms with E-state index in [-0.39, 0.29) is 17.9 Å². The Balaban J connectivity index is 2.39. The van der Waals surface area contributed by atoms with E-state index in [2.05, 4.69) is 10.1 Å². The first kappa shape index (κ1) is 11.6. The lowest BCUT2D eigenvalue weighted by atomic mass is 10.0. The van der Waals surface area contributed by atoms with Gasteiger partial charge in [0, 0.05) is 12.0 Å². The molecule has 6 heteroatoms. The Kier molecular flexibility index (Phi) is 3.12. The Bertz CT molecular complexity index is 451. The van der Waals surface area contributed by atoms with Crippen molar-refractivity contribution in [2.24, 2.45) is 0 Å². The highest BCUT2D eigenvalue weighted by atomic mass is 19.1. The summed E-state index contributed by atoms with van der Waals surface area (Å²) in [5, 5.41) is 2.37. The van der Waals surface area contributed by atoms with E-state index in [0.29, 0.717) is 6.42 Å². The number of cyclic esters (lactones) is 1. The number of halogens is 2. The van der Waals surface area contributed by atoms with E-state index in [1.54, 1.807) is 0 Å². The van der Waals surface area contributed by atoms with Gasteiger partial charge in [0.2, 0.25) is 0 Å². The minimum Gasteiger partial charge on any atom is -0.494 e. The van der Waals surface area contributed by atoms with E-state index in [1.165, 1.54) is 13.2 Å². The number of carbonyl (C=O) groups is 1. The number of methoxy groups -OCH3 is 1. The van der Waals surface area contributed by atoms with Gasteiger partial charge in [0.15, 0.2) is 11.6 Å². The van der Waals surface area contributed by atoms with Crippen molar-refractivity contribution in [1.29, 1.82) is 0 Å². The summed E-state index contributed by atoms with van der Waals surface area (Å²) in [6, 6.07) is 1.58. The van der Waals surface area contributed by atoms with Crippen LogP contribution in [0.1, 0.15) is 18.0 Å². The Labute approximate surface area is 96.5 Å². The first-order valence-corrected chi connectivity index (χ1v) is 5.08. The first-order chi connectivity index (χ1) is 8.13. The second-order valence-corrected chi connectivity index (χ2v) is 3.60. The fraction of sp³-hybridized carbons (Fsp3) is 0.364. The number of benzene rings is 1. The van der Waals surface area contributed by atoms with E-state index in [1.807, 2.05) is 0 Å². The molecule has 1 aliphatic rings. The van der Waals surface area contributed by atoms with Gasteiger partial charge in [-0.25, -0.2) is 13.6 Å². The molecular weight excluding hydrogens is 232 g/mol. The van der Waals surface area contributed by atoms with Crippen molar-refractivity contribution in [3.05, 3.63) is 29.3 Å². The van der Waals surface area contributed by atoms with Crippen LogP contribution in [-0.4, -0.2) is 19.8 Å². The lowest BCUT2D eigenvalue weighted by Crippen LogP contribution is -2.36. The SMILES string of the molecule is COc1ccc(F)c([C@H]2CCOC(=O)N2)c1F. The van der Waals surface area contributed by atoms with Crippen LogP contribution in [-0.2, 0) is 4.74 Å². The predicted octanol–water partition coefficient (Wildman–Crippen LogP) is 2.14. The summed E-state index contributed by atoms with van der Waals surface area (Å²) in [7, 11) is 1.29. The Morgan fingerprint density at radius 3 is 2.88 bits per heavy atom. The molecule has 1 aliphatic heterocycles. The molecule has 17 heavy (non-hydrogen) atoms. The fourth-order valence-corrected chi connectivity index (χ4v) is 1.77. The molecule has 1 saturated heterocycles. The summed E-state index contributed by atoms with van der Waals surface area (Å²) >= 11 is 0. The van der Waals surface area contributed by atoms with Crippen LogP contribution in [0, 0.1) is 11.6 Å². The first-order valence-electron chi connectivity index (χ1n) is 5.08. The molecule has 1 atom stereocenters. The van der Waals surface area contributed by atoms with Gasteiger partial charge < -0.3 is 14.8 Å². The van der Waals surface area contributed by atoms with E-state index >= 15 is 0 Å². The van der Waals surface area contributed by atoms with Crippen molar-refractivity contribution >= 4 is 6.09 Å². The molecule has 1 amide bonds. The van der Waals surface area contributed by atoms with Crippen molar-refractivity contribution in [1.82, 2.24) is 5.32 Å². The summed E-state index contributed by atoms with van der Waals surface area (Å²) < 4.78 is 36.9. The zero-order valence-electron chi connectivity index (χ0n) is 9.13. The second-order valence-electron chi connectivity index (χ2n) is 3.60. The maximum Gasteiger partial charge on any atom is 0.407 e. The standard InChI is InChI=1S/C11H11F2NO3/c1-16-8-3-2-6(12)9(10(8)13)7-4-5-17-11(15)14-7/h2-3,7H,4-5H2,1H3,(H,14,15)/t7-/m1/s1. The molecule has 4 nitrogen and oxygen atoms in total. The van der Waals surface area contributed by atoms with Crippen molar-refractivity contribution in [3.63, 3.8) is 0 Å². The third-order valence-electron chi connectivity index (χ3n) is 2.59. The lowest BCUT2D eigenvalue weighted by Gasteiger charge is -2.24. The smallest absolute Gasteiger partial charge is 0.407 e. The molecule has 1 fully saturated rings. The number of hydrogen-bond donors (Lipinski definition) is 1. The average molecular weight is 243 g/mol. The van der Waals surface area contributed by atoms with Gasteiger partial charge in [-0.3, -0.25) is 0 Å². The van der Waals surface area contributed by atoms with Crippen LogP contribution in [0.25, 0.3) is 0 Å². The molecule has 0 unspecified atom stereocenters. The molecule has 0 spiro atoms. The minimum absolute atomic E-state index is 0.0536. The Morgan fingerprint density at radius 2 is 2.24 bits per heavy atom. The number of nitrogens with one attached hydrogen (secondary N) is 1. The maximum absolute atomic E-state index is 13.9. The Hall–Kier alpha value is -1.85. The summed E-state index contributed by atoms with van der Waals surface area (Å²) in [5.41, 5.74) is -0.194. The third-order valence-corrected chi connectivity index (χ3v) is 2.59. The van der Waals surface area contributed by atoms with Crippen LogP contribution < -0.4 is 10.1 Å². The van der Waals surface area contributed by atoms with Crippen LogP contribution in [0.5, 0.6) is 5.75 Å². The largest absolute Gasteiger partial charge is 0.494 e. The quantitative estimate of drug-likeness (QED) is 0.865. The molecule has 1 aromatic rings. The number of alkyl carbamates (subject to hydrolysis) is 1. The molecule has 0 bridgehead atoms. The van der Waals surface area contributed by atoms with Gasteiger partial charge in [-0.1, -0.05) is 0 Å². The maximum atomic E-state index is 13.9. The van der Waals surface area contributed by atoms with Crippen molar-refractivity contribution in [2.75, 3.05) is 13.7 Å². The van der Waals surface area contributed by atoms with Crippen molar-refractivity contribution in [3.8, 4) is 5.75 Å². The number of amides is 1. The number of ether oxygens (including phenoxy) is 2. The number of rotatable bonds is 2. The van der Waals surface area contributed by atoms with Crippen molar-refractivity contribution < 1.29 is 23.0 Å². The summed E-state index contributed by atoms with van der Waals surface area (Å²) in [6.45, 7) is 0.132. The highest BCUT2D eigenvalue weighted by molar-refractivity contribution is 5.68. The van der Waals surface area contributed by atoms with E-state index in [4.69, 9.17) is 4.74 Å².